The molecule has 1 aliphatic rings. The van der Waals surface area contributed by atoms with E-state index < -0.39 is 30.1 Å². The van der Waals surface area contributed by atoms with Gasteiger partial charge in [-0.2, -0.15) is 0 Å². The highest BCUT2D eigenvalue weighted by molar-refractivity contribution is 6.04. The summed E-state index contributed by atoms with van der Waals surface area (Å²) in [5.74, 6) is -0.526. The third kappa shape index (κ3) is 5.26. The molecule has 0 fully saturated rings. The first-order chi connectivity index (χ1) is 15.4. The van der Waals surface area contributed by atoms with E-state index >= 15 is 0 Å². The Morgan fingerprint density at radius 2 is 1.62 bits per heavy atom. The van der Waals surface area contributed by atoms with Crippen molar-refractivity contribution in [2.24, 2.45) is 0 Å². The first kappa shape index (κ1) is 22.9. The smallest absolute Gasteiger partial charge is 0.347 e. The second-order valence-electron chi connectivity index (χ2n) is 6.99. The van der Waals surface area contributed by atoms with Crippen molar-refractivity contribution < 1.29 is 28.6 Å². The number of hydrogen-bond donors (Lipinski definition) is 2. The summed E-state index contributed by atoms with van der Waals surface area (Å²) < 4.78 is 15.8. The van der Waals surface area contributed by atoms with E-state index in [1.54, 1.807) is 45.0 Å². The van der Waals surface area contributed by atoms with E-state index in [9.17, 15) is 14.4 Å². The maximum atomic E-state index is 12.9. The Balaban J connectivity index is 1.94. The summed E-state index contributed by atoms with van der Waals surface area (Å²) in [4.78, 5) is 37.1. The van der Waals surface area contributed by atoms with Crippen molar-refractivity contribution in [2.45, 2.75) is 32.9 Å². The van der Waals surface area contributed by atoms with Crippen LogP contribution in [0.1, 0.15) is 37.9 Å². The number of benzene rings is 2. The van der Waals surface area contributed by atoms with Gasteiger partial charge in [0.15, 0.2) is 6.10 Å². The number of hydrogen-bond acceptors (Lipinski definition) is 6. The largest absolute Gasteiger partial charge is 0.479 e. The molecule has 0 aliphatic carbocycles. The van der Waals surface area contributed by atoms with Gasteiger partial charge < -0.3 is 24.8 Å². The zero-order chi connectivity index (χ0) is 23.1. The van der Waals surface area contributed by atoms with E-state index in [4.69, 9.17) is 14.2 Å². The van der Waals surface area contributed by atoms with Gasteiger partial charge in [0.25, 0.3) is 0 Å². The average Bonchev–Trinajstić information content (AvgIpc) is 2.80. The lowest BCUT2D eigenvalue weighted by atomic mass is 9.92. The summed E-state index contributed by atoms with van der Waals surface area (Å²) in [6.07, 6.45) is -0.765. The molecule has 2 aromatic rings. The number of ether oxygens (including phenoxy) is 3. The molecule has 2 N–H and O–H groups in total. The Labute approximate surface area is 186 Å². The Hall–Kier alpha value is -3.81. The zero-order valence-corrected chi connectivity index (χ0v) is 18.2. The first-order valence-corrected chi connectivity index (χ1v) is 10.4. The van der Waals surface area contributed by atoms with E-state index in [1.165, 1.54) is 0 Å². The van der Waals surface area contributed by atoms with Gasteiger partial charge in [-0.1, -0.05) is 42.5 Å². The van der Waals surface area contributed by atoms with Crippen molar-refractivity contribution >= 4 is 23.7 Å². The molecule has 2 unspecified atom stereocenters. The van der Waals surface area contributed by atoms with Crippen LogP contribution in [0.3, 0.4) is 0 Å². The molecule has 0 saturated heterocycles. The van der Waals surface area contributed by atoms with Crippen molar-refractivity contribution in [1.29, 1.82) is 0 Å². The topological polar surface area (TPSA) is 103 Å². The molecule has 2 aromatic carbocycles. The number of urea groups is 1. The Kier molecular flexibility index (Phi) is 7.49. The molecule has 2 atom stereocenters. The minimum Gasteiger partial charge on any atom is -0.479 e. The molecule has 0 bridgehead atoms. The molecule has 168 valence electrons. The second kappa shape index (κ2) is 10.5. The minimum atomic E-state index is -0.765. The molecular weight excluding hydrogens is 412 g/mol. The van der Waals surface area contributed by atoms with Gasteiger partial charge in [0.1, 0.15) is 5.75 Å². The van der Waals surface area contributed by atoms with Gasteiger partial charge in [0.05, 0.1) is 30.5 Å². The number of nitrogens with one attached hydrogen (secondary N) is 2. The minimum absolute atomic E-state index is 0.198. The lowest BCUT2D eigenvalue weighted by molar-refractivity contribution is -0.150. The molecule has 1 aliphatic heterocycles. The lowest BCUT2D eigenvalue weighted by Crippen LogP contribution is -2.45. The van der Waals surface area contributed by atoms with Gasteiger partial charge >= 0.3 is 18.0 Å². The van der Waals surface area contributed by atoms with E-state index in [-0.39, 0.29) is 13.2 Å². The molecule has 0 saturated carbocycles. The maximum absolute atomic E-state index is 12.9. The van der Waals surface area contributed by atoms with Gasteiger partial charge in [-0.3, -0.25) is 0 Å². The Morgan fingerprint density at radius 1 is 0.969 bits per heavy atom. The van der Waals surface area contributed by atoms with Crippen molar-refractivity contribution in [1.82, 2.24) is 10.6 Å². The third-order valence-electron chi connectivity index (χ3n) is 4.77. The van der Waals surface area contributed by atoms with Gasteiger partial charge in [0, 0.05) is 0 Å². The Bertz CT molecular complexity index is 1000. The number of esters is 2. The van der Waals surface area contributed by atoms with Crippen LogP contribution in [-0.2, 0) is 19.1 Å². The highest BCUT2D eigenvalue weighted by Crippen LogP contribution is 2.32. The van der Waals surface area contributed by atoms with Crippen LogP contribution < -0.4 is 15.4 Å². The monoisotopic (exact) mass is 438 g/mol. The van der Waals surface area contributed by atoms with Gasteiger partial charge in [0.2, 0.25) is 0 Å². The second-order valence-corrected chi connectivity index (χ2v) is 6.99. The van der Waals surface area contributed by atoms with E-state index in [1.807, 2.05) is 30.3 Å². The van der Waals surface area contributed by atoms with Crippen LogP contribution in [-0.4, -0.2) is 37.3 Å². The highest BCUT2D eigenvalue weighted by atomic mass is 16.6. The van der Waals surface area contributed by atoms with Crippen molar-refractivity contribution in [3.05, 3.63) is 71.3 Å². The van der Waals surface area contributed by atoms with Crippen molar-refractivity contribution in [2.75, 3.05) is 13.2 Å². The number of carbonyl (C=O) groups is 3. The molecular formula is C24H26N2O6. The van der Waals surface area contributed by atoms with Gasteiger partial charge in [-0.05, 0) is 44.0 Å². The van der Waals surface area contributed by atoms with Gasteiger partial charge in [-0.15, -0.1) is 0 Å². The van der Waals surface area contributed by atoms with Crippen LogP contribution in [0, 0.1) is 0 Å². The average molecular weight is 438 g/mol. The summed E-state index contributed by atoms with van der Waals surface area (Å²) in [5.41, 5.74) is 2.05. The summed E-state index contributed by atoms with van der Waals surface area (Å²) in [5, 5.41) is 5.53. The number of rotatable bonds is 8. The molecule has 0 spiro atoms. The SMILES string of the molecule is CCOC(=O)C1=C(c2ccccc2)NC(=O)NC1c1ccc(OC(C)C(=O)OCC)cc1. The number of amides is 2. The molecule has 0 radical (unpaired) electrons. The summed E-state index contributed by atoms with van der Waals surface area (Å²) in [6.45, 7) is 5.52. The summed E-state index contributed by atoms with van der Waals surface area (Å²) >= 11 is 0. The standard InChI is InChI=1S/C24H26N2O6/c1-4-30-22(27)15(3)32-18-13-11-17(12-14-18)21-19(23(28)31-5-2)20(25-24(29)26-21)16-9-7-6-8-10-16/h6-15,21H,4-5H2,1-3H3,(H2,25,26,29). The van der Waals surface area contributed by atoms with E-state index in [0.29, 0.717) is 28.1 Å². The van der Waals surface area contributed by atoms with E-state index in [0.717, 1.165) is 0 Å². The van der Waals surface area contributed by atoms with E-state index in [2.05, 4.69) is 10.6 Å². The highest BCUT2D eigenvalue weighted by Gasteiger charge is 2.34. The molecule has 1 heterocycles. The first-order valence-electron chi connectivity index (χ1n) is 10.4. The fourth-order valence-electron chi connectivity index (χ4n) is 3.33. The third-order valence-corrected chi connectivity index (χ3v) is 4.77. The quantitative estimate of drug-likeness (QED) is 0.613. The van der Waals surface area contributed by atoms with Crippen molar-refractivity contribution in [3.63, 3.8) is 0 Å². The normalized spacial score (nSPS) is 16.5. The van der Waals surface area contributed by atoms with Crippen LogP contribution in [0.4, 0.5) is 4.79 Å². The van der Waals surface area contributed by atoms with Crippen LogP contribution in [0.25, 0.3) is 5.70 Å². The molecule has 3 rings (SSSR count). The molecule has 2 amide bonds. The molecule has 0 aromatic heterocycles. The molecule has 32 heavy (non-hydrogen) atoms. The predicted molar refractivity (Wildman–Crippen MR) is 118 cm³/mol. The Morgan fingerprint density at radius 3 is 2.25 bits per heavy atom. The fourth-order valence-corrected chi connectivity index (χ4v) is 3.33. The fraction of sp³-hybridized carbons (Fsp3) is 0.292. The van der Waals surface area contributed by atoms with Crippen LogP contribution in [0.2, 0.25) is 0 Å². The van der Waals surface area contributed by atoms with Crippen LogP contribution in [0.5, 0.6) is 5.75 Å². The van der Waals surface area contributed by atoms with Crippen molar-refractivity contribution in [3.8, 4) is 5.75 Å². The number of carbonyl (C=O) groups excluding carboxylic acids is 3. The predicted octanol–water partition coefficient (Wildman–Crippen LogP) is 3.35. The molecule has 8 nitrogen and oxygen atoms in total. The van der Waals surface area contributed by atoms with Crippen LogP contribution in [0.15, 0.2) is 60.2 Å². The van der Waals surface area contributed by atoms with Gasteiger partial charge in [-0.25, -0.2) is 14.4 Å². The lowest BCUT2D eigenvalue weighted by Gasteiger charge is -2.29. The molecule has 8 heteroatoms. The summed E-state index contributed by atoms with van der Waals surface area (Å²) in [6, 6.07) is 14.8. The van der Waals surface area contributed by atoms with Crippen LogP contribution >= 0.6 is 0 Å². The zero-order valence-electron chi connectivity index (χ0n) is 18.2. The summed E-state index contributed by atoms with van der Waals surface area (Å²) in [7, 11) is 0. The maximum Gasteiger partial charge on any atom is 0.347 e.